The highest BCUT2D eigenvalue weighted by atomic mass is 32.2. The maximum atomic E-state index is 12.6. The number of para-hydroxylation sites is 1. The summed E-state index contributed by atoms with van der Waals surface area (Å²) in [5.74, 6) is 0.0508. The summed E-state index contributed by atoms with van der Waals surface area (Å²) in [5.41, 5.74) is 3.57. The van der Waals surface area contributed by atoms with Crippen LogP contribution in [-0.4, -0.2) is 46.7 Å². The summed E-state index contributed by atoms with van der Waals surface area (Å²) >= 11 is 3.17. The van der Waals surface area contributed by atoms with Crippen molar-refractivity contribution in [1.82, 2.24) is 15.1 Å². The van der Waals surface area contributed by atoms with E-state index in [0.29, 0.717) is 12.3 Å². The first-order valence-corrected chi connectivity index (χ1v) is 12.3. The number of amides is 2. The van der Waals surface area contributed by atoms with Gasteiger partial charge in [0.1, 0.15) is 11.6 Å². The average molecular weight is 453 g/mol. The Balaban J connectivity index is 1.43. The Morgan fingerprint density at radius 2 is 1.90 bits per heavy atom. The molecular weight excluding hydrogens is 428 g/mol. The SMILES string of the molecule is CSc1ccc(CCNC(=O)CN2C(=O)CSc3c2c(C)nn3-c2ccccc2)cc1. The van der Waals surface area contributed by atoms with E-state index in [9.17, 15) is 9.59 Å². The second kappa shape index (κ2) is 9.62. The molecule has 2 heterocycles. The fourth-order valence-electron chi connectivity index (χ4n) is 3.52. The number of anilines is 1. The molecule has 2 aromatic carbocycles. The summed E-state index contributed by atoms with van der Waals surface area (Å²) in [6.45, 7) is 2.41. The maximum absolute atomic E-state index is 12.6. The van der Waals surface area contributed by atoms with Crippen molar-refractivity contribution in [1.29, 1.82) is 0 Å². The van der Waals surface area contributed by atoms with Crippen molar-refractivity contribution in [3.63, 3.8) is 0 Å². The van der Waals surface area contributed by atoms with Crippen molar-refractivity contribution in [2.45, 2.75) is 23.3 Å². The average Bonchev–Trinajstić information content (AvgIpc) is 3.13. The van der Waals surface area contributed by atoms with Gasteiger partial charge in [-0.25, -0.2) is 4.68 Å². The number of carbonyl (C=O) groups excluding carboxylic acids is 2. The lowest BCUT2D eigenvalue weighted by Gasteiger charge is -2.27. The predicted molar refractivity (Wildman–Crippen MR) is 126 cm³/mol. The van der Waals surface area contributed by atoms with Gasteiger partial charge in [0.2, 0.25) is 11.8 Å². The number of nitrogens with one attached hydrogen (secondary N) is 1. The maximum Gasteiger partial charge on any atom is 0.240 e. The van der Waals surface area contributed by atoms with E-state index in [0.717, 1.165) is 28.5 Å². The molecule has 0 radical (unpaired) electrons. The molecule has 8 heteroatoms. The van der Waals surface area contributed by atoms with Crippen molar-refractivity contribution >= 4 is 41.0 Å². The molecule has 1 aliphatic heterocycles. The molecule has 0 saturated heterocycles. The normalized spacial score (nSPS) is 13.2. The third-order valence-corrected chi connectivity index (χ3v) is 6.86. The van der Waals surface area contributed by atoms with E-state index in [1.54, 1.807) is 16.7 Å². The van der Waals surface area contributed by atoms with Crippen molar-refractivity contribution in [2.75, 3.05) is 30.0 Å². The molecular formula is C23H24N4O2S2. The number of hydrogen-bond donors (Lipinski definition) is 1. The molecule has 4 rings (SSSR count). The van der Waals surface area contributed by atoms with Crippen molar-refractivity contribution < 1.29 is 9.59 Å². The summed E-state index contributed by atoms with van der Waals surface area (Å²) in [6, 6.07) is 18.2. The van der Waals surface area contributed by atoms with Gasteiger partial charge in [0.25, 0.3) is 0 Å². The van der Waals surface area contributed by atoms with Crippen LogP contribution in [0.2, 0.25) is 0 Å². The number of rotatable bonds is 7. The minimum absolute atomic E-state index is 0.000864. The quantitative estimate of drug-likeness (QED) is 0.554. The van der Waals surface area contributed by atoms with Crippen LogP contribution < -0.4 is 10.2 Å². The second-order valence-corrected chi connectivity index (χ2v) is 9.05. The first-order chi connectivity index (χ1) is 15.1. The molecule has 0 saturated carbocycles. The lowest BCUT2D eigenvalue weighted by atomic mass is 10.1. The third kappa shape index (κ3) is 4.80. The van der Waals surface area contributed by atoms with Crippen LogP contribution in [0.3, 0.4) is 0 Å². The molecule has 1 N–H and O–H groups in total. The van der Waals surface area contributed by atoms with Gasteiger partial charge < -0.3 is 5.32 Å². The van der Waals surface area contributed by atoms with Crippen LogP contribution in [0.1, 0.15) is 11.3 Å². The number of thioether (sulfide) groups is 2. The number of benzene rings is 2. The zero-order chi connectivity index (χ0) is 21.8. The highest BCUT2D eigenvalue weighted by Crippen LogP contribution is 2.39. The predicted octanol–water partition coefficient (Wildman–Crippen LogP) is 3.70. The molecule has 6 nitrogen and oxygen atoms in total. The van der Waals surface area contributed by atoms with Crippen molar-refractivity contribution in [3.05, 3.63) is 65.9 Å². The number of nitrogens with zero attached hydrogens (tertiary/aromatic N) is 3. The van der Waals surface area contributed by atoms with E-state index >= 15 is 0 Å². The molecule has 0 unspecified atom stereocenters. The number of fused-ring (bicyclic) bond motifs is 1. The standard InChI is InChI=1S/C23H24N4O2S2/c1-16-22-23(27(25-16)18-6-4-3-5-7-18)31-15-21(29)26(22)14-20(28)24-13-12-17-8-10-19(30-2)11-9-17/h3-11H,12-15H2,1-2H3,(H,24,28). The number of aromatic nitrogens is 2. The van der Waals surface area contributed by atoms with E-state index in [1.807, 2.05) is 48.2 Å². The number of aryl methyl sites for hydroxylation is 1. The van der Waals surface area contributed by atoms with Gasteiger partial charge in [-0.3, -0.25) is 14.5 Å². The lowest BCUT2D eigenvalue weighted by molar-refractivity contribution is -0.122. The van der Waals surface area contributed by atoms with Crippen molar-refractivity contribution in [3.8, 4) is 5.69 Å². The fourth-order valence-corrected chi connectivity index (χ4v) is 5.01. The van der Waals surface area contributed by atoms with Gasteiger partial charge in [-0.1, -0.05) is 42.1 Å². The minimum atomic E-state index is -0.168. The van der Waals surface area contributed by atoms with Crippen LogP contribution in [0, 0.1) is 6.92 Å². The molecule has 0 spiro atoms. The Kier molecular flexibility index (Phi) is 6.67. The second-order valence-electron chi connectivity index (χ2n) is 7.20. The van der Waals surface area contributed by atoms with E-state index in [1.165, 1.54) is 22.2 Å². The van der Waals surface area contributed by atoms with Crippen LogP contribution in [0.5, 0.6) is 0 Å². The smallest absolute Gasteiger partial charge is 0.240 e. The molecule has 1 aliphatic rings. The van der Waals surface area contributed by atoms with E-state index < -0.39 is 0 Å². The number of hydrogen-bond acceptors (Lipinski definition) is 5. The van der Waals surface area contributed by atoms with Gasteiger partial charge >= 0.3 is 0 Å². The largest absolute Gasteiger partial charge is 0.354 e. The van der Waals surface area contributed by atoms with Gasteiger partial charge in [-0.2, -0.15) is 5.10 Å². The van der Waals surface area contributed by atoms with E-state index in [4.69, 9.17) is 0 Å². The van der Waals surface area contributed by atoms with Gasteiger partial charge in [0.15, 0.2) is 0 Å². The topological polar surface area (TPSA) is 67.2 Å². The van der Waals surface area contributed by atoms with Gasteiger partial charge in [0, 0.05) is 11.4 Å². The van der Waals surface area contributed by atoms with E-state index in [2.05, 4.69) is 34.7 Å². The zero-order valence-electron chi connectivity index (χ0n) is 17.5. The Hall–Kier alpha value is -2.71. The Bertz CT molecular complexity index is 1080. The lowest BCUT2D eigenvalue weighted by Crippen LogP contribution is -2.43. The minimum Gasteiger partial charge on any atom is -0.354 e. The molecule has 2 amide bonds. The van der Waals surface area contributed by atoms with Crippen LogP contribution >= 0.6 is 23.5 Å². The third-order valence-electron chi connectivity index (χ3n) is 5.09. The highest BCUT2D eigenvalue weighted by molar-refractivity contribution is 8.00. The molecule has 0 aliphatic carbocycles. The molecule has 1 aromatic heterocycles. The summed E-state index contributed by atoms with van der Waals surface area (Å²) in [7, 11) is 0. The first kappa shape index (κ1) is 21.5. The molecule has 0 atom stereocenters. The van der Waals surface area contributed by atoms with E-state index in [-0.39, 0.29) is 18.4 Å². The Morgan fingerprint density at radius 3 is 2.61 bits per heavy atom. The molecule has 31 heavy (non-hydrogen) atoms. The van der Waals surface area contributed by atoms with Crippen LogP contribution in [0.25, 0.3) is 5.69 Å². The summed E-state index contributed by atoms with van der Waals surface area (Å²) in [5, 5.41) is 8.48. The van der Waals surface area contributed by atoms with Crippen LogP contribution in [0.4, 0.5) is 5.69 Å². The molecule has 0 bridgehead atoms. The summed E-state index contributed by atoms with van der Waals surface area (Å²) in [6.07, 6.45) is 2.80. The Morgan fingerprint density at radius 1 is 1.16 bits per heavy atom. The zero-order valence-corrected chi connectivity index (χ0v) is 19.1. The van der Waals surface area contributed by atoms with Gasteiger partial charge in [-0.15, -0.1) is 11.8 Å². The molecule has 3 aromatic rings. The summed E-state index contributed by atoms with van der Waals surface area (Å²) in [4.78, 5) is 28.0. The highest BCUT2D eigenvalue weighted by Gasteiger charge is 2.32. The van der Waals surface area contributed by atoms with Gasteiger partial charge in [0.05, 0.1) is 22.8 Å². The van der Waals surface area contributed by atoms with Crippen LogP contribution in [-0.2, 0) is 16.0 Å². The summed E-state index contributed by atoms with van der Waals surface area (Å²) < 4.78 is 1.85. The van der Waals surface area contributed by atoms with Crippen molar-refractivity contribution in [2.24, 2.45) is 0 Å². The first-order valence-electron chi connectivity index (χ1n) is 10.0. The van der Waals surface area contributed by atoms with Gasteiger partial charge in [-0.05, 0) is 49.4 Å². The monoisotopic (exact) mass is 452 g/mol. The fraction of sp³-hybridized carbons (Fsp3) is 0.261. The number of carbonyl (C=O) groups is 2. The molecule has 160 valence electrons. The Labute approximate surface area is 190 Å². The van der Waals surface area contributed by atoms with Crippen LogP contribution in [0.15, 0.2) is 64.5 Å². The molecule has 0 fully saturated rings.